The van der Waals surface area contributed by atoms with E-state index in [-0.39, 0.29) is 11.6 Å². The van der Waals surface area contributed by atoms with Gasteiger partial charge in [-0.1, -0.05) is 118 Å². The lowest BCUT2D eigenvalue weighted by atomic mass is 9.84. The predicted molar refractivity (Wildman–Crippen MR) is 173 cm³/mol. The second-order valence-electron chi connectivity index (χ2n) is 12.7. The fourth-order valence-corrected chi connectivity index (χ4v) is 6.34. The van der Waals surface area contributed by atoms with E-state index >= 15 is 0 Å². The molecule has 0 spiro atoms. The maximum atomic E-state index is 12.1. The van der Waals surface area contributed by atoms with Crippen molar-refractivity contribution in [3.63, 3.8) is 0 Å². The molecule has 4 rings (SSSR count). The summed E-state index contributed by atoms with van der Waals surface area (Å²) in [6, 6.07) is 30.0. The molecular weight excluding hydrogens is 556 g/mol. The van der Waals surface area contributed by atoms with E-state index in [0.29, 0.717) is 19.8 Å². The van der Waals surface area contributed by atoms with Crippen molar-refractivity contribution in [1.29, 1.82) is 0 Å². The van der Waals surface area contributed by atoms with Crippen LogP contribution in [0.5, 0.6) is 0 Å². The summed E-state index contributed by atoms with van der Waals surface area (Å²) >= 11 is 0. The first-order valence-corrected chi connectivity index (χ1v) is 18.1. The van der Waals surface area contributed by atoms with Crippen molar-refractivity contribution in [2.45, 2.75) is 95.3 Å². The van der Waals surface area contributed by atoms with Gasteiger partial charge in [0.2, 0.25) is 0 Å². The molecule has 1 N–H and O–H groups in total. The molecule has 1 aliphatic carbocycles. The molecule has 0 bridgehead atoms. The molecule has 3 aromatic rings. The highest BCUT2D eigenvalue weighted by atomic mass is 28.4. The molecule has 7 heteroatoms. The highest BCUT2D eigenvalue weighted by Crippen LogP contribution is 2.41. The summed E-state index contributed by atoms with van der Waals surface area (Å²) in [5.74, 6) is 0. The Bertz CT molecular complexity index is 1230. The van der Waals surface area contributed by atoms with Crippen LogP contribution in [0.4, 0.5) is 0 Å². The highest BCUT2D eigenvalue weighted by molar-refractivity contribution is 6.74. The average molecular weight is 605 g/mol. The molecule has 1 saturated carbocycles. The average Bonchev–Trinajstić information content (AvgIpc) is 3.00. The summed E-state index contributed by atoms with van der Waals surface area (Å²) < 4.78 is 33.3. The second kappa shape index (κ2) is 15.4. The maximum absolute atomic E-state index is 12.1. The van der Waals surface area contributed by atoms with E-state index in [4.69, 9.17) is 23.4 Å². The first kappa shape index (κ1) is 33.3. The van der Waals surface area contributed by atoms with E-state index < -0.39 is 44.9 Å². The summed E-state index contributed by atoms with van der Waals surface area (Å²) in [5.41, 5.74) is 3.05. The van der Waals surface area contributed by atoms with Crippen LogP contribution < -0.4 is 0 Å². The molecule has 3 aromatic carbocycles. The van der Waals surface area contributed by atoms with E-state index in [1.165, 1.54) is 0 Å². The van der Waals surface area contributed by atoms with E-state index in [2.05, 4.69) is 40.4 Å². The number of hydrogen-bond acceptors (Lipinski definition) is 6. The third kappa shape index (κ3) is 8.96. The van der Waals surface area contributed by atoms with Gasteiger partial charge in [-0.2, -0.15) is 0 Å². The van der Waals surface area contributed by atoms with Crippen LogP contribution >= 0.6 is 0 Å². The van der Waals surface area contributed by atoms with Crippen LogP contribution in [0.3, 0.4) is 0 Å². The Morgan fingerprint density at radius 3 is 1.40 bits per heavy atom. The van der Waals surface area contributed by atoms with E-state index in [9.17, 15) is 5.11 Å². The number of hydrogen-bond donors (Lipinski definition) is 1. The molecule has 232 valence electrons. The minimum Gasteiger partial charge on any atom is -0.408 e. The third-order valence-corrected chi connectivity index (χ3v) is 12.9. The zero-order valence-electron chi connectivity index (χ0n) is 26.2. The SMILES string of the molecule is C=CCO[C@H]1[C@H](OCc2ccccc2)[C@H](OCc2ccccc2)[C@H](OCc2ccccc2)[C@@H](O)[C@H]1O[Si](C)(C)C(C)(C)C. The van der Waals surface area contributed by atoms with Gasteiger partial charge >= 0.3 is 0 Å². The molecule has 0 unspecified atom stereocenters. The lowest BCUT2D eigenvalue weighted by Crippen LogP contribution is -2.68. The van der Waals surface area contributed by atoms with Crippen LogP contribution in [0.2, 0.25) is 18.1 Å². The van der Waals surface area contributed by atoms with Gasteiger partial charge in [0.05, 0.1) is 26.4 Å². The summed E-state index contributed by atoms with van der Waals surface area (Å²) in [6.45, 7) is 16.1. The van der Waals surface area contributed by atoms with Gasteiger partial charge in [-0.05, 0) is 34.8 Å². The molecule has 0 saturated heterocycles. The third-order valence-electron chi connectivity index (χ3n) is 8.47. The quantitative estimate of drug-likeness (QED) is 0.157. The van der Waals surface area contributed by atoms with Crippen LogP contribution in [-0.2, 0) is 43.2 Å². The van der Waals surface area contributed by atoms with Crippen LogP contribution in [0.25, 0.3) is 0 Å². The summed E-state index contributed by atoms with van der Waals surface area (Å²) in [4.78, 5) is 0. The monoisotopic (exact) mass is 604 g/mol. The van der Waals surface area contributed by atoms with Gasteiger partial charge in [-0.3, -0.25) is 0 Å². The zero-order valence-corrected chi connectivity index (χ0v) is 27.2. The predicted octanol–water partition coefficient (Wildman–Crippen LogP) is 7.08. The molecule has 0 amide bonds. The van der Waals surface area contributed by atoms with Crippen molar-refractivity contribution in [2.75, 3.05) is 6.61 Å². The lowest BCUT2D eigenvalue weighted by molar-refractivity contribution is -0.267. The second-order valence-corrected chi connectivity index (χ2v) is 17.5. The van der Waals surface area contributed by atoms with Crippen LogP contribution in [0, 0.1) is 0 Å². The molecule has 1 aliphatic rings. The molecule has 0 aliphatic heterocycles. The molecule has 6 atom stereocenters. The van der Waals surface area contributed by atoms with Gasteiger partial charge in [0, 0.05) is 0 Å². The Kier molecular flexibility index (Phi) is 11.9. The van der Waals surface area contributed by atoms with Gasteiger partial charge in [-0.25, -0.2) is 0 Å². The molecule has 6 nitrogen and oxygen atoms in total. The normalized spacial score (nSPS) is 24.5. The van der Waals surface area contributed by atoms with Gasteiger partial charge in [-0.15, -0.1) is 6.58 Å². The topological polar surface area (TPSA) is 66.4 Å². The largest absolute Gasteiger partial charge is 0.408 e. The van der Waals surface area contributed by atoms with Gasteiger partial charge in [0.25, 0.3) is 0 Å². The van der Waals surface area contributed by atoms with E-state index in [0.717, 1.165) is 16.7 Å². The van der Waals surface area contributed by atoms with Crippen molar-refractivity contribution in [1.82, 2.24) is 0 Å². The summed E-state index contributed by atoms with van der Waals surface area (Å²) in [6.07, 6.45) is -2.60. The van der Waals surface area contributed by atoms with E-state index in [1.807, 2.05) is 91.0 Å². The zero-order chi connectivity index (χ0) is 30.9. The number of ether oxygens (including phenoxy) is 4. The van der Waals surface area contributed by atoms with Crippen LogP contribution in [-0.4, -0.2) is 56.7 Å². The van der Waals surface area contributed by atoms with Gasteiger partial charge in [0.15, 0.2) is 8.32 Å². The number of benzene rings is 3. The first-order chi connectivity index (χ1) is 20.6. The van der Waals surface area contributed by atoms with Crippen LogP contribution in [0.1, 0.15) is 37.5 Å². The number of aliphatic hydroxyl groups excluding tert-OH is 1. The Labute approximate surface area is 258 Å². The van der Waals surface area contributed by atoms with E-state index in [1.54, 1.807) is 6.08 Å². The van der Waals surface area contributed by atoms with Crippen molar-refractivity contribution in [3.8, 4) is 0 Å². The van der Waals surface area contributed by atoms with Gasteiger partial charge in [0.1, 0.15) is 36.6 Å². The molecule has 1 fully saturated rings. The molecule has 0 heterocycles. The van der Waals surface area contributed by atoms with Crippen molar-refractivity contribution >= 4 is 8.32 Å². The number of aliphatic hydroxyl groups is 1. The summed E-state index contributed by atoms with van der Waals surface area (Å²) in [7, 11) is -2.36. The first-order valence-electron chi connectivity index (χ1n) is 15.2. The number of rotatable bonds is 14. The van der Waals surface area contributed by atoms with Crippen molar-refractivity contribution in [3.05, 3.63) is 120 Å². The lowest BCUT2D eigenvalue weighted by Gasteiger charge is -2.51. The van der Waals surface area contributed by atoms with Gasteiger partial charge < -0.3 is 28.5 Å². The molecular formula is C36H48O6Si. The molecule has 0 aromatic heterocycles. The Morgan fingerprint density at radius 1 is 0.628 bits per heavy atom. The molecule has 0 radical (unpaired) electrons. The van der Waals surface area contributed by atoms with Crippen molar-refractivity contribution in [2.24, 2.45) is 0 Å². The molecule has 43 heavy (non-hydrogen) atoms. The standard InChI is InChI=1S/C36H48O6Si/c1-7-23-38-34-32(42-43(5,6)36(2,3)4)30(37)31(39-24-27-17-11-8-12-18-27)33(40-25-28-19-13-9-14-20-28)35(34)41-26-29-21-15-10-16-22-29/h7-22,30-35,37H,1,23-26H2,2-6H3/t30-,31-,32-,33-,34-,35-/m1/s1. The highest BCUT2D eigenvalue weighted by Gasteiger charge is 2.56. The smallest absolute Gasteiger partial charge is 0.192 e. The fraction of sp³-hybridized carbons (Fsp3) is 0.444. The Morgan fingerprint density at radius 2 is 1.00 bits per heavy atom. The maximum Gasteiger partial charge on any atom is 0.192 e. The Balaban J connectivity index is 1.73. The minimum absolute atomic E-state index is 0.0862. The van der Waals surface area contributed by atoms with Crippen molar-refractivity contribution < 1.29 is 28.5 Å². The van der Waals surface area contributed by atoms with Crippen LogP contribution in [0.15, 0.2) is 104 Å². The minimum atomic E-state index is -2.36. The summed E-state index contributed by atoms with van der Waals surface area (Å²) in [5, 5.41) is 12.0. The fourth-order valence-electron chi connectivity index (χ4n) is 5.03. The Hall–Kier alpha value is -2.62.